The Morgan fingerprint density at radius 1 is 1.14 bits per heavy atom. The number of ether oxygens (including phenoxy) is 2. The monoisotopic (exact) mass is 487 g/mol. The number of nitrogens with zero attached hydrogens (tertiary/aromatic N) is 4. The lowest BCUT2D eigenvalue weighted by atomic mass is 10.1. The number of anilines is 1. The zero-order valence-corrected chi connectivity index (χ0v) is 22.6. The van der Waals surface area contributed by atoms with E-state index in [1.807, 2.05) is 68.6 Å². The molecule has 0 aliphatic rings. The van der Waals surface area contributed by atoms with E-state index in [0.717, 1.165) is 10.9 Å². The van der Waals surface area contributed by atoms with E-state index in [-0.39, 0.29) is 12.5 Å². The lowest BCUT2D eigenvalue weighted by molar-refractivity contribution is -0.141. The number of benzene rings is 1. The van der Waals surface area contributed by atoms with Crippen LogP contribution in [0.25, 0.3) is 21.9 Å². The molecule has 2 heterocycles. The number of hydrogen-bond acceptors (Lipinski definition) is 7. The van der Waals surface area contributed by atoms with Gasteiger partial charge in [-0.3, -0.25) is 9.69 Å². The van der Waals surface area contributed by atoms with E-state index in [1.165, 1.54) is 0 Å². The molecule has 0 fully saturated rings. The molecular weight excluding hydrogens is 446 g/mol. The quantitative estimate of drug-likeness (QED) is 0.414. The van der Waals surface area contributed by atoms with Crippen LogP contribution in [0.2, 0.25) is 0 Å². The maximum absolute atomic E-state index is 13.1. The van der Waals surface area contributed by atoms with Crippen LogP contribution in [0.4, 0.5) is 5.82 Å². The van der Waals surface area contributed by atoms with E-state index >= 15 is 0 Å². The Labute approximate surface area is 208 Å². The van der Waals surface area contributed by atoms with Crippen molar-refractivity contribution in [2.24, 2.45) is 0 Å². The molecule has 2 aromatic heterocycles. The van der Waals surface area contributed by atoms with Gasteiger partial charge in [0.1, 0.15) is 23.5 Å². The molecule has 0 radical (unpaired) electrons. The summed E-state index contributed by atoms with van der Waals surface area (Å²) in [5, 5.41) is 14.4. The summed E-state index contributed by atoms with van der Waals surface area (Å²) >= 11 is 0. The second-order valence-electron chi connectivity index (χ2n) is 9.56. The third-order valence-corrected chi connectivity index (χ3v) is 5.11. The van der Waals surface area contributed by atoms with Crippen molar-refractivity contribution in [3.63, 3.8) is 0 Å². The largest absolute Gasteiger partial charge is 0.389 e. The van der Waals surface area contributed by atoms with Crippen LogP contribution in [0, 0.1) is 0 Å². The van der Waals surface area contributed by atoms with Crippen molar-refractivity contribution in [1.29, 1.82) is 0 Å². The summed E-state index contributed by atoms with van der Waals surface area (Å²) < 4.78 is 13.4. The first-order valence-corrected chi connectivity index (χ1v) is 12.1. The molecule has 3 aromatic rings. The number of hydrogen-bond donors (Lipinski definition) is 2. The van der Waals surface area contributed by atoms with Gasteiger partial charge in [-0.25, -0.2) is 9.97 Å². The third kappa shape index (κ3) is 7.20. The minimum absolute atomic E-state index is 0.278. The number of carbonyl (C=O) groups is 1. The highest BCUT2D eigenvalue weighted by Crippen LogP contribution is 2.32. The lowest BCUT2D eigenvalue weighted by Gasteiger charge is -2.26. The number of carbonyl (C=O) groups excluding carboxylic acids is 1. The molecule has 0 aliphatic heterocycles. The molecule has 0 atom stereocenters. The van der Waals surface area contributed by atoms with Gasteiger partial charge in [-0.15, -0.1) is 0 Å². The Kier molecular flexibility index (Phi) is 9.74. The van der Waals surface area contributed by atoms with Crippen molar-refractivity contribution >= 4 is 33.7 Å². The molecule has 1 aromatic carbocycles. The molecule has 0 saturated heterocycles. The summed E-state index contributed by atoms with van der Waals surface area (Å²) in [6.07, 6.45) is 0. The van der Waals surface area contributed by atoms with Gasteiger partial charge < -0.3 is 24.5 Å². The van der Waals surface area contributed by atoms with Gasteiger partial charge in [-0.2, -0.15) is 0 Å². The fourth-order valence-corrected chi connectivity index (χ4v) is 3.44. The third-order valence-electron chi connectivity index (χ3n) is 5.11. The highest BCUT2D eigenvalue weighted by Gasteiger charge is 2.31. The summed E-state index contributed by atoms with van der Waals surface area (Å²) in [6.45, 7) is 14.3. The van der Waals surface area contributed by atoms with Crippen molar-refractivity contribution in [2.45, 2.75) is 72.8 Å². The number of rotatable bonds is 10. The summed E-state index contributed by atoms with van der Waals surface area (Å²) in [5.74, 6) is 0.685. The Morgan fingerprint density at radius 2 is 1.80 bits per heavy atom. The fourth-order valence-electron chi connectivity index (χ4n) is 3.44. The molecule has 1 amide bonds. The summed E-state index contributed by atoms with van der Waals surface area (Å²) in [4.78, 5) is 24.5. The average Bonchev–Trinajstić information content (AvgIpc) is 3.15. The first-order chi connectivity index (χ1) is 16.4. The van der Waals surface area contributed by atoms with E-state index in [1.54, 1.807) is 27.7 Å². The first kappa shape index (κ1) is 28.6. The maximum atomic E-state index is 13.1. The molecular formula is C26H41N5O4. The molecule has 9 heteroatoms. The van der Waals surface area contributed by atoms with Crippen molar-refractivity contribution in [2.75, 3.05) is 32.7 Å². The normalized spacial score (nSPS) is 12.2. The smallest absolute Gasteiger partial charge is 0.257 e. The van der Waals surface area contributed by atoms with Gasteiger partial charge in [-0.05, 0) is 54.8 Å². The summed E-state index contributed by atoms with van der Waals surface area (Å²) in [6, 6.07) is 7.69. The van der Waals surface area contributed by atoms with E-state index in [9.17, 15) is 9.90 Å². The Morgan fingerprint density at radius 3 is 2.40 bits per heavy atom. The second kappa shape index (κ2) is 11.9. The van der Waals surface area contributed by atoms with Crippen LogP contribution >= 0.6 is 0 Å². The van der Waals surface area contributed by atoms with E-state index in [4.69, 9.17) is 19.4 Å². The van der Waals surface area contributed by atoms with Crippen LogP contribution in [0.3, 0.4) is 0 Å². The SMILES string of the molecule is CC.CCOCc1nc2c(NC(=O)C(C)(C)OCN(C)C)nc3ccccc3c2n1CC(C)(C)O. The lowest BCUT2D eigenvalue weighted by Crippen LogP contribution is -2.42. The summed E-state index contributed by atoms with van der Waals surface area (Å²) in [5.41, 5.74) is -0.00527. The average molecular weight is 488 g/mol. The topological polar surface area (TPSA) is 102 Å². The van der Waals surface area contributed by atoms with Crippen molar-refractivity contribution in [1.82, 2.24) is 19.4 Å². The predicted octanol–water partition coefficient (Wildman–Crippen LogP) is 4.17. The van der Waals surface area contributed by atoms with Gasteiger partial charge in [0, 0.05) is 12.0 Å². The molecule has 0 aliphatic carbocycles. The number of aliphatic hydroxyl groups is 1. The molecule has 194 valence electrons. The number of nitrogens with one attached hydrogen (secondary N) is 1. The van der Waals surface area contributed by atoms with E-state index in [2.05, 4.69) is 5.32 Å². The number of aromatic nitrogens is 3. The van der Waals surface area contributed by atoms with Crippen LogP contribution < -0.4 is 5.32 Å². The second-order valence-corrected chi connectivity index (χ2v) is 9.56. The van der Waals surface area contributed by atoms with Gasteiger partial charge >= 0.3 is 0 Å². The highest BCUT2D eigenvalue weighted by molar-refractivity contribution is 6.10. The molecule has 0 spiro atoms. The summed E-state index contributed by atoms with van der Waals surface area (Å²) in [7, 11) is 3.75. The molecule has 9 nitrogen and oxygen atoms in total. The molecule has 3 rings (SSSR count). The Bertz CT molecular complexity index is 1130. The van der Waals surface area contributed by atoms with Crippen LogP contribution in [-0.4, -0.2) is 69.1 Å². The fraction of sp³-hybridized carbons (Fsp3) is 0.577. The van der Waals surface area contributed by atoms with E-state index < -0.39 is 11.2 Å². The van der Waals surface area contributed by atoms with Gasteiger partial charge in [0.05, 0.1) is 29.9 Å². The van der Waals surface area contributed by atoms with Crippen LogP contribution in [0.5, 0.6) is 0 Å². The number of imidazole rings is 1. The van der Waals surface area contributed by atoms with Crippen molar-refractivity contribution in [3.05, 3.63) is 30.1 Å². The molecule has 0 saturated carbocycles. The molecule has 2 N–H and O–H groups in total. The van der Waals surface area contributed by atoms with Gasteiger partial charge in [0.15, 0.2) is 5.82 Å². The number of pyridine rings is 1. The minimum atomic E-state index is -1.08. The molecule has 35 heavy (non-hydrogen) atoms. The van der Waals surface area contributed by atoms with Crippen molar-refractivity contribution < 1.29 is 19.4 Å². The van der Waals surface area contributed by atoms with Crippen LogP contribution in [0.15, 0.2) is 24.3 Å². The molecule has 0 unspecified atom stereocenters. The Balaban J connectivity index is 0.00000210. The van der Waals surface area contributed by atoms with Crippen LogP contribution in [0.1, 0.15) is 54.3 Å². The van der Waals surface area contributed by atoms with Gasteiger partial charge in [-0.1, -0.05) is 32.0 Å². The van der Waals surface area contributed by atoms with Crippen LogP contribution in [-0.2, 0) is 27.4 Å². The Hall–Kier alpha value is -2.59. The number of fused-ring (bicyclic) bond motifs is 3. The van der Waals surface area contributed by atoms with E-state index in [0.29, 0.717) is 42.6 Å². The zero-order valence-electron chi connectivity index (χ0n) is 22.6. The zero-order chi connectivity index (χ0) is 26.4. The predicted molar refractivity (Wildman–Crippen MR) is 140 cm³/mol. The minimum Gasteiger partial charge on any atom is -0.389 e. The standard InChI is InChI=1S/C24H35N5O4.C2H6/c1-8-32-13-18-26-19-20(29(18)14-23(2,3)31)16-11-9-10-12-17(16)25-21(19)27-22(30)24(4,5)33-15-28(6)7;1-2/h9-12,31H,8,13-15H2,1-7H3,(H,25,27,30);1-2H3. The van der Waals surface area contributed by atoms with Gasteiger partial charge in [0.2, 0.25) is 0 Å². The number of para-hydroxylation sites is 1. The van der Waals surface area contributed by atoms with Gasteiger partial charge in [0.25, 0.3) is 5.91 Å². The highest BCUT2D eigenvalue weighted by atomic mass is 16.5. The molecule has 0 bridgehead atoms. The first-order valence-electron chi connectivity index (χ1n) is 12.1. The van der Waals surface area contributed by atoms with Crippen molar-refractivity contribution in [3.8, 4) is 0 Å². The number of amides is 1. The maximum Gasteiger partial charge on any atom is 0.257 e.